The Morgan fingerprint density at radius 3 is 2.55 bits per heavy atom. The minimum absolute atomic E-state index is 0.00517. The zero-order valence-electron chi connectivity index (χ0n) is 23.6. The average molecular weight is 610 g/mol. The molecule has 5 rings (SSSR count). The van der Waals surface area contributed by atoms with Gasteiger partial charge in [-0.1, -0.05) is 55.1 Å². The molecule has 3 aromatic rings. The third kappa shape index (κ3) is 6.94. The van der Waals surface area contributed by atoms with Gasteiger partial charge in [-0.05, 0) is 79.5 Å². The molecule has 0 unspecified atom stereocenters. The number of hydrogen-bond donors (Lipinski definition) is 3. The number of nitrogens with zero attached hydrogens (tertiary/aromatic N) is 2. The first kappa shape index (κ1) is 30.0. The third-order valence-electron chi connectivity index (χ3n) is 7.80. The molecule has 0 radical (unpaired) electrons. The molecule has 2 atom stereocenters. The molecule has 9 nitrogen and oxygen atoms in total. The summed E-state index contributed by atoms with van der Waals surface area (Å²) >= 11 is 7.05. The van der Waals surface area contributed by atoms with Crippen LogP contribution >= 0.6 is 23.1 Å². The number of benzene rings is 2. The molecule has 0 bridgehead atoms. The topological polar surface area (TPSA) is 127 Å². The number of nitrogen functional groups attached to an aromatic ring is 1. The van der Waals surface area contributed by atoms with Crippen LogP contribution in [-0.2, 0) is 9.53 Å². The van der Waals surface area contributed by atoms with Gasteiger partial charge in [0, 0.05) is 29.9 Å². The van der Waals surface area contributed by atoms with Crippen LogP contribution < -0.4 is 21.3 Å². The van der Waals surface area contributed by atoms with Crippen LogP contribution in [0.3, 0.4) is 0 Å². The molecule has 1 aliphatic carbocycles. The van der Waals surface area contributed by atoms with Gasteiger partial charge in [-0.15, -0.1) is 0 Å². The van der Waals surface area contributed by atoms with Gasteiger partial charge in [-0.25, -0.2) is 0 Å². The summed E-state index contributed by atoms with van der Waals surface area (Å²) in [5.41, 5.74) is 8.46. The van der Waals surface area contributed by atoms with Crippen LogP contribution in [0.25, 0.3) is 0 Å². The summed E-state index contributed by atoms with van der Waals surface area (Å²) in [5.74, 6) is -1.29. The minimum Gasteiger partial charge on any atom is -0.395 e. The fraction of sp³-hybridized carbons (Fsp3) is 0.419. The Bertz CT molecular complexity index is 1420. The molecule has 1 aromatic heterocycles. The lowest BCUT2D eigenvalue weighted by atomic mass is 9.95. The van der Waals surface area contributed by atoms with Crippen LogP contribution in [0.15, 0.2) is 48.5 Å². The smallest absolute Gasteiger partial charge is 0.273 e. The fourth-order valence-electron chi connectivity index (χ4n) is 5.57. The van der Waals surface area contributed by atoms with E-state index in [0.717, 1.165) is 62.0 Å². The van der Waals surface area contributed by atoms with Gasteiger partial charge in [0.2, 0.25) is 5.91 Å². The molecule has 2 heterocycles. The predicted octanol–water partition coefficient (Wildman–Crippen LogP) is 5.43. The van der Waals surface area contributed by atoms with Gasteiger partial charge < -0.3 is 21.1 Å². The van der Waals surface area contributed by atoms with Crippen molar-refractivity contribution in [3.63, 3.8) is 0 Å². The first-order chi connectivity index (χ1) is 20.3. The van der Waals surface area contributed by atoms with Gasteiger partial charge in [0.05, 0.1) is 11.8 Å². The summed E-state index contributed by atoms with van der Waals surface area (Å²) in [5, 5.41) is 6.52. The van der Waals surface area contributed by atoms with Gasteiger partial charge in [0.25, 0.3) is 11.8 Å². The zero-order chi connectivity index (χ0) is 29.6. The summed E-state index contributed by atoms with van der Waals surface area (Å²) in [6.07, 6.45) is 6.83. The summed E-state index contributed by atoms with van der Waals surface area (Å²) in [6.45, 7) is 2.90. The second-order valence-electron chi connectivity index (χ2n) is 10.9. The van der Waals surface area contributed by atoms with Crippen molar-refractivity contribution in [1.29, 1.82) is 0 Å². The molecule has 2 aromatic carbocycles. The molecule has 0 spiro atoms. The first-order valence-electron chi connectivity index (χ1n) is 14.4. The molecule has 3 amide bonds. The monoisotopic (exact) mass is 609 g/mol. The van der Waals surface area contributed by atoms with E-state index in [4.69, 9.17) is 22.1 Å². The highest BCUT2D eigenvalue weighted by atomic mass is 35.5. The Labute approximate surface area is 254 Å². The molecule has 4 N–H and O–H groups in total. The molecule has 1 aliphatic heterocycles. The lowest BCUT2D eigenvalue weighted by Crippen LogP contribution is -2.45. The van der Waals surface area contributed by atoms with Crippen LogP contribution in [0, 0.1) is 6.92 Å². The van der Waals surface area contributed by atoms with Crippen molar-refractivity contribution in [3.8, 4) is 0 Å². The van der Waals surface area contributed by atoms with Crippen molar-refractivity contribution in [2.45, 2.75) is 70.1 Å². The summed E-state index contributed by atoms with van der Waals surface area (Å²) < 4.78 is 10.00. The van der Waals surface area contributed by atoms with Gasteiger partial charge >= 0.3 is 0 Å². The van der Waals surface area contributed by atoms with E-state index in [1.54, 1.807) is 30.3 Å². The van der Waals surface area contributed by atoms with E-state index in [9.17, 15) is 14.4 Å². The normalized spacial score (nSPS) is 17.9. The van der Waals surface area contributed by atoms with Gasteiger partial charge in [-0.2, -0.15) is 4.37 Å². The van der Waals surface area contributed by atoms with Crippen molar-refractivity contribution in [1.82, 2.24) is 15.0 Å². The van der Waals surface area contributed by atoms with Gasteiger partial charge in [-0.3, -0.25) is 19.3 Å². The van der Waals surface area contributed by atoms with Crippen LogP contribution in [-0.4, -0.2) is 47.4 Å². The number of hydrogen-bond acceptors (Lipinski definition) is 7. The quantitative estimate of drug-likeness (QED) is 0.297. The second kappa shape index (κ2) is 13.7. The fourth-order valence-corrected chi connectivity index (χ4v) is 6.43. The maximum absolute atomic E-state index is 14.4. The first-order valence-corrected chi connectivity index (χ1v) is 15.6. The van der Waals surface area contributed by atoms with E-state index in [1.165, 1.54) is 4.90 Å². The Morgan fingerprint density at radius 2 is 1.86 bits per heavy atom. The number of halogens is 1. The summed E-state index contributed by atoms with van der Waals surface area (Å²) in [6, 6.07) is 13.2. The Morgan fingerprint density at radius 1 is 1.10 bits per heavy atom. The number of nitrogens with two attached hydrogens (primary N) is 1. The van der Waals surface area contributed by atoms with Crippen molar-refractivity contribution in [2.24, 2.45) is 0 Å². The predicted molar refractivity (Wildman–Crippen MR) is 165 cm³/mol. The number of rotatable bonds is 9. The van der Waals surface area contributed by atoms with Crippen molar-refractivity contribution in [3.05, 3.63) is 75.3 Å². The Hall–Kier alpha value is -3.47. The van der Waals surface area contributed by atoms with Crippen LogP contribution in [0.2, 0.25) is 5.02 Å². The van der Waals surface area contributed by atoms with E-state index < -0.39 is 11.9 Å². The van der Waals surface area contributed by atoms with Gasteiger partial charge in [0.1, 0.15) is 10.9 Å². The maximum atomic E-state index is 14.4. The average Bonchev–Trinajstić information content (AvgIpc) is 3.65. The third-order valence-corrected chi connectivity index (χ3v) is 8.90. The molecular formula is C31H36ClN5O4S. The SMILES string of the molecule is Cc1cccc(N(C(=O)c2snc(C(=O)NC3CCCCC3)c2N)[C@@H](C(=O)NC[C@H]2CCCO2)c2ccc(Cl)cc2)c1. The summed E-state index contributed by atoms with van der Waals surface area (Å²) in [7, 11) is 0. The van der Waals surface area contributed by atoms with Crippen molar-refractivity contribution in [2.75, 3.05) is 23.8 Å². The lowest BCUT2D eigenvalue weighted by Gasteiger charge is -2.32. The number of carbonyl (C=O) groups is 3. The standard InChI is InChI=1S/C31H36ClN5O4S/c1-19-7-5-10-23(17-19)37(27(20-12-14-21(32)15-13-20)30(39)34-18-24-11-6-16-41-24)31(40)28-25(33)26(36-42-28)29(38)35-22-8-3-2-4-9-22/h5,7,10,12-15,17,22,24,27H,2-4,6,8-9,11,16,18,33H2,1H3,(H,34,39)(H,35,38)/t24-,27-/m1/s1. The molecule has 42 heavy (non-hydrogen) atoms. The molecule has 2 aliphatic rings. The number of carbonyl (C=O) groups excluding carboxylic acids is 3. The molecule has 222 valence electrons. The Balaban J connectivity index is 1.50. The largest absolute Gasteiger partial charge is 0.395 e. The highest BCUT2D eigenvalue weighted by molar-refractivity contribution is 7.09. The number of amides is 3. The second-order valence-corrected chi connectivity index (χ2v) is 12.1. The molecule has 1 saturated heterocycles. The van der Waals surface area contributed by atoms with E-state index in [0.29, 0.717) is 29.4 Å². The molecular weight excluding hydrogens is 574 g/mol. The maximum Gasteiger partial charge on any atom is 0.273 e. The van der Waals surface area contributed by atoms with Crippen molar-refractivity contribution < 1.29 is 19.1 Å². The number of nitrogens with one attached hydrogen (secondary N) is 2. The van der Waals surface area contributed by atoms with Crippen LogP contribution in [0.1, 0.15) is 82.3 Å². The van der Waals surface area contributed by atoms with E-state index >= 15 is 0 Å². The minimum atomic E-state index is -1.06. The number of ether oxygens (including phenoxy) is 1. The number of aryl methyl sites for hydroxylation is 1. The van der Waals surface area contributed by atoms with E-state index in [-0.39, 0.29) is 40.2 Å². The number of anilines is 2. The number of aromatic nitrogens is 1. The molecule has 1 saturated carbocycles. The van der Waals surface area contributed by atoms with Crippen molar-refractivity contribution >= 4 is 52.2 Å². The highest BCUT2D eigenvalue weighted by Crippen LogP contribution is 2.34. The van der Waals surface area contributed by atoms with Gasteiger partial charge in [0.15, 0.2) is 5.69 Å². The zero-order valence-corrected chi connectivity index (χ0v) is 25.2. The molecule has 2 fully saturated rings. The summed E-state index contributed by atoms with van der Waals surface area (Å²) in [4.78, 5) is 43.0. The molecule has 11 heteroatoms. The van der Waals surface area contributed by atoms with E-state index in [2.05, 4.69) is 15.0 Å². The van der Waals surface area contributed by atoms with Crippen LogP contribution in [0.5, 0.6) is 0 Å². The van der Waals surface area contributed by atoms with E-state index in [1.807, 2.05) is 25.1 Å². The lowest BCUT2D eigenvalue weighted by molar-refractivity contribution is -0.123. The highest BCUT2D eigenvalue weighted by Gasteiger charge is 2.37. The Kier molecular flexibility index (Phi) is 9.76. The van der Waals surface area contributed by atoms with Crippen LogP contribution in [0.4, 0.5) is 11.4 Å².